The number of hydrogen-bond donors (Lipinski definition) is 2. The van der Waals surface area contributed by atoms with Crippen LogP contribution in [-0.4, -0.2) is 40.5 Å². The summed E-state index contributed by atoms with van der Waals surface area (Å²) in [5.74, 6) is 0.912. The number of nitrogens with one attached hydrogen (secondary N) is 1. The molecule has 25 heavy (non-hydrogen) atoms. The number of fused-ring (bicyclic) bond motifs is 1. The summed E-state index contributed by atoms with van der Waals surface area (Å²) in [5, 5.41) is 6.10. The van der Waals surface area contributed by atoms with Gasteiger partial charge in [0.05, 0.1) is 5.39 Å². The highest BCUT2D eigenvalue weighted by Gasteiger charge is 2.33. The monoisotopic (exact) mass is 383 g/mol. The van der Waals surface area contributed by atoms with Crippen LogP contribution in [0.2, 0.25) is 0 Å². The molecule has 1 unspecified atom stereocenters. The lowest BCUT2D eigenvalue weighted by Gasteiger charge is -2.30. The molecular weight excluding hydrogens is 358 g/mol. The average molecular weight is 384 g/mol. The fourth-order valence-corrected chi connectivity index (χ4v) is 3.91. The number of carbonyl (C=O) groups is 1. The Bertz CT molecular complexity index is 718. The zero-order valence-corrected chi connectivity index (χ0v) is 16.3. The summed E-state index contributed by atoms with van der Waals surface area (Å²) >= 11 is 1.59. The highest BCUT2D eigenvalue weighted by atomic mass is 35.5. The molecule has 8 heteroatoms. The van der Waals surface area contributed by atoms with Gasteiger partial charge in [0.2, 0.25) is 5.91 Å². The highest BCUT2D eigenvalue weighted by molar-refractivity contribution is 7.16. The van der Waals surface area contributed by atoms with E-state index in [1.165, 1.54) is 0 Å². The van der Waals surface area contributed by atoms with Crippen LogP contribution in [0.5, 0.6) is 0 Å². The fraction of sp³-hybridized carbons (Fsp3) is 0.588. The average Bonchev–Trinajstić information content (AvgIpc) is 3.27. The van der Waals surface area contributed by atoms with Crippen LogP contribution in [0.1, 0.15) is 39.5 Å². The minimum Gasteiger partial charge on any atom is -0.352 e. The Morgan fingerprint density at radius 3 is 2.92 bits per heavy atom. The third kappa shape index (κ3) is 4.04. The SMILES string of the molecule is CCC(N)(CC)CNC(=O)C1CCCN1c1ncnc2sccc12.Cl. The van der Waals surface area contributed by atoms with Gasteiger partial charge in [0.25, 0.3) is 0 Å². The fourth-order valence-electron chi connectivity index (χ4n) is 3.18. The van der Waals surface area contributed by atoms with Gasteiger partial charge < -0.3 is 16.0 Å². The maximum Gasteiger partial charge on any atom is 0.242 e. The minimum absolute atomic E-state index is 0. The maximum atomic E-state index is 12.7. The second-order valence-electron chi connectivity index (χ2n) is 6.48. The molecule has 3 rings (SSSR count). The predicted molar refractivity (Wildman–Crippen MR) is 106 cm³/mol. The minimum atomic E-state index is -0.325. The van der Waals surface area contributed by atoms with Crippen molar-refractivity contribution in [3.63, 3.8) is 0 Å². The highest BCUT2D eigenvalue weighted by Crippen LogP contribution is 2.31. The number of carbonyl (C=O) groups excluding carboxylic acids is 1. The number of aromatic nitrogens is 2. The van der Waals surface area contributed by atoms with Gasteiger partial charge in [-0.1, -0.05) is 13.8 Å². The molecule has 0 radical (unpaired) electrons. The van der Waals surface area contributed by atoms with Gasteiger partial charge in [-0.3, -0.25) is 4.79 Å². The number of halogens is 1. The number of anilines is 1. The van der Waals surface area contributed by atoms with E-state index in [0.717, 1.165) is 48.3 Å². The second-order valence-corrected chi connectivity index (χ2v) is 7.37. The van der Waals surface area contributed by atoms with Crippen LogP contribution in [0.4, 0.5) is 5.82 Å². The van der Waals surface area contributed by atoms with E-state index in [4.69, 9.17) is 5.73 Å². The van der Waals surface area contributed by atoms with Gasteiger partial charge in [-0.25, -0.2) is 9.97 Å². The first-order valence-electron chi connectivity index (χ1n) is 8.59. The smallest absolute Gasteiger partial charge is 0.242 e. The first kappa shape index (κ1) is 19.9. The van der Waals surface area contributed by atoms with E-state index in [1.807, 2.05) is 11.4 Å². The quantitative estimate of drug-likeness (QED) is 0.801. The lowest BCUT2D eigenvalue weighted by atomic mass is 9.94. The van der Waals surface area contributed by atoms with E-state index in [2.05, 4.69) is 34.0 Å². The Hall–Kier alpha value is -1.44. The predicted octanol–water partition coefficient (Wildman–Crippen LogP) is 2.72. The van der Waals surface area contributed by atoms with Crippen molar-refractivity contribution >= 4 is 45.7 Å². The van der Waals surface area contributed by atoms with Crippen molar-refractivity contribution in [1.29, 1.82) is 0 Å². The Morgan fingerprint density at radius 2 is 2.20 bits per heavy atom. The van der Waals surface area contributed by atoms with Crippen molar-refractivity contribution in [3.05, 3.63) is 17.8 Å². The van der Waals surface area contributed by atoms with Gasteiger partial charge in [0.1, 0.15) is 23.0 Å². The third-order valence-corrected chi connectivity index (χ3v) is 5.91. The van der Waals surface area contributed by atoms with E-state index in [9.17, 15) is 4.79 Å². The molecule has 0 aromatic carbocycles. The summed E-state index contributed by atoms with van der Waals surface area (Å²) in [6.45, 7) is 5.48. The summed E-state index contributed by atoms with van der Waals surface area (Å²) in [5.41, 5.74) is 5.98. The van der Waals surface area contributed by atoms with E-state index in [-0.39, 0.29) is 29.9 Å². The normalized spacial score (nSPS) is 17.6. The summed E-state index contributed by atoms with van der Waals surface area (Å²) in [6, 6.07) is 1.85. The van der Waals surface area contributed by atoms with Crippen LogP contribution in [0, 0.1) is 0 Å². The molecule has 138 valence electrons. The van der Waals surface area contributed by atoms with E-state index in [1.54, 1.807) is 17.7 Å². The van der Waals surface area contributed by atoms with Crippen molar-refractivity contribution in [2.24, 2.45) is 5.73 Å². The maximum absolute atomic E-state index is 12.7. The number of nitrogens with two attached hydrogens (primary N) is 1. The molecule has 1 aliphatic rings. The number of thiophene rings is 1. The Balaban J connectivity index is 0.00000225. The van der Waals surface area contributed by atoms with Gasteiger partial charge in [0, 0.05) is 18.6 Å². The largest absolute Gasteiger partial charge is 0.352 e. The van der Waals surface area contributed by atoms with E-state index < -0.39 is 0 Å². The molecule has 1 saturated heterocycles. The number of rotatable bonds is 6. The lowest BCUT2D eigenvalue weighted by Crippen LogP contribution is -2.53. The second kappa shape index (κ2) is 8.29. The van der Waals surface area contributed by atoms with Crippen LogP contribution >= 0.6 is 23.7 Å². The molecule has 2 aromatic rings. The van der Waals surface area contributed by atoms with Gasteiger partial charge in [-0.2, -0.15) is 0 Å². The molecule has 0 bridgehead atoms. The topological polar surface area (TPSA) is 84.1 Å². The van der Waals surface area contributed by atoms with Crippen molar-refractivity contribution in [2.75, 3.05) is 18.0 Å². The molecule has 1 fully saturated rings. The lowest BCUT2D eigenvalue weighted by molar-refractivity contribution is -0.122. The first-order chi connectivity index (χ1) is 11.6. The molecule has 0 spiro atoms. The van der Waals surface area contributed by atoms with Gasteiger partial charge in [-0.15, -0.1) is 23.7 Å². The zero-order valence-electron chi connectivity index (χ0n) is 14.7. The van der Waals surface area contributed by atoms with E-state index >= 15 is 0 Å². The number of nitrogens with zero attached hydrogens (tertiary/aromatic N) is 3. The summed E-state index contributed by atoms with van der Waals surface area (Å²) in [4.78, 5) is 24.6. The van der Waals surface area contributed by atoms with Crippen molar-refractivity contribution in [3.8, 4) is 0 Å². The van der Waals surface area contributed by atoms with Crippen LogP contribution in [0.25, 0.3) is 10.2 Å². The van der Waals surface area contributed by atoms with Crippen molar-refractivity contribution in [1.82, 2.24) is 15.3 Å². The van der Waals surface area contributed by atoms with Gasteiger partial charge in [0.15, 0.2) is 0 Å². The molecule has 0 saturated carbocycles. The molecule has 2 aromatic heterocycles. The molecule has 1 amide bonds. The molecule has 0 aliphatic carbocycles. The molecule has 3 heterocycles. The third-order valence-electron chi connectivity index (χ3n) is 5.09. The summed E-state index contributed by atoms with van der Waals surface area (Å²) < 4.78 is 0. The molecular formula is C17H26ClN5OS. The zero-order chi connectivity index (χ0) is 17.2. The van der Waals surface area contributed by atoms with Crippen LogP contribution in [-0.2, 0) is 4.79 Å². The molecule has 6 nitrogen and oxygen atoms in total. The van der Waals surface area contributed by atoms with Crippen LogP contribution < -0.4 is 16.0 Å². The van der Waals surface area contributed by atoms with Crippen LogP contribution in [0.3, 0.4) is 0 Å². The van der Waals surface area contributed by atoms with Gasteiger partial charge >= 0.3 is 0 Å². The summed E-state index contributed by atoms with van der Waals surface area (Å²) in [7, 11) is 0. The molecule has 3 N–H and O–H groups in total. The Labute approximate surface area is 158 Å². The molecule has 1 atom stereocenters. The summed E-state index contributed by atoms with van der Waals surface area (Å²) in [6.07, 6.45) is 5.11. The first-order valence-corrected chi connectivity index (χ1v) is 9.47. The Morgan fingerprint density at radius 1 is 1.44 bits per heavy atom. The Kier molecular flexibility index (Phi) is 6.59. The number of amides is 1. The van der Waals surface area contributed by atoms with Crippen molar-refractivity contribution in [2.45, 2.75) is 51.1 Å². The van der Waals surface area contributed by atoms with E-state index in [0.29, 0.717) is 6.54 Å². The standard InChI is InChI=1S/C17H25N5OS.ClH/c1-3-17(18,4-2)10-19-15(23)13-6-5-8-22(13)14-12-7-9-24-16(12)21-11-20-14;/h7,9,11,13H,3-6,8,10,18H2,1-2H3,(H,19,23);1H. The number of hydrogen-bond acceptors (Lipinski definition) is 6. The van der Waals surface area contributed by atoms with Crippen LogP contribution in [0.15, 0.2) is 17.8 Å². The van der Waals surface area contributed by atoms with Crippen molar-refractivity contribution < 1.29 is 4.79 Å². The van der Waals surface area contributed by atoms with Gasteiger partial charge in [-0.05, 0) is 37.1 Å². The molecule has 1 aliphatic heterocycles.